The van der Waals surface area contributed by atoms with Crippen molar-refractivity contribution in [2.75, 3.05) is 7.05 Å². The van der Waals surface area contributed by atoms with E-state index >= 15 is 0 Å². The van der Waals surface area contributed by atoms with Gasteiger partial charge in [0.05, 0.1) is 5.82 Å². The van der Waals surface area contributed by atoms with Gasteiger partial charge in [0.2, 0.25) is 0 Å². The van der Waals surface area contributed by atoms with E-state index in [0.717, 1.165) is 11.8 Å². The summed E-state index contributed by atoms with van der Waals surface area (Å²) >= 11 is 0. The molecule has 2 aliphatic rings. The van der Waals surface area contributed by atoms with Crippen molar-refractivity contribution in [2.45, 2.75) is 126 Å². The molecule has 0 amide bonds. The molecule has 0 atom stereocenters. The molecule has 0 aromatic heterocycles. The summed E-state index contributed by atoms with van der Waals surface area (Å²) in [4.78, 5) is 0. The summed E-state index contributed by atoms with van der Waals surface area (Å²) in [6.45, 7) is 19.8. The van der Waals surface area contributed by atoms with Gasteiger partial charge in [-0.3, -0.25) is 0 Å². The minimum atomic E-state index is 0.167. The van der Waals surface area contributed by atoms with Crippen LogP contribution in [0, 0.1) is 11.8 Å². The highest BCUT2D eigenvalue weighted by Gasteiger charge is 2.09. The third kappa shape index (κ3) is 45.9. The van der Waals surface area contributed by atoms with Gasteiger partial charge in [0.1, 0.15) is 0 Å². The van der Waals surface area contributed by atoms with Crippen LogP contribution in [0.5, 0.6) is 0 Å². The first kappa shape index (κ1) is 37.1. The number of hydrogen-bond donors (Lipinski definition) is 3. The van der Waals surface area contributed by atoms with Gasteiger partial charge in [-0.25, -0.2) is 0 Å². The molecule has 2 fully saturated rings. The van der Waals surface area contributed by atoms with Crippen LogP contribution in [0.2, 0.25) is 0 Å². The lowest BCUT2D eigenvalue weighted by Gasteiger charge is -2.18. The molecule has 0 saturated heterocycles. The second-order valence-electron chi connectivity index (χ2n) is 6.23. The molecule has 3 heteroatoms. The van der Waals surface area contributed by atoms with E-state index in [1.54, 1.807) is 0 Å². The van der Waals surface area contributed by atoms with Crippen LogP contribution in [0.3, 0.4) is 0 Å². The van der Waals surface area contributed by atoms with E-state index in [1.807, 2.05) is 41.5 Å². The molecule has 2 saturated carbocycles. The standard InChI is InChI=1S/C8H16.C7H14.C2H6N2.3C2H6.CH5N/c1-2-8-6-4-3-5-7-8;1-7-5-3-2-4-6-7;1-2(3)4;4*1-2/h8H,2-7H2,1H3;7H,2-6H2,1H3;1,3-4H2;3*1-2H3;2H2,1H3. The second kappa shape index (κ2) is 40.1. The molecule has 2 rings (SSSR count). The maximum absolute atomic E-state index is 4.69. The van der Waals surface area contributed by atoms with Crippen molar-refractivity contribution in [1.82, 2.24) is 0 Å². The molecule has 3 nitrogen and oxygen atoms in total. The lowest BCUT2D eigenvalue weighted by atomic mass is 9.88. The monoisotopic (exact) mass is 389 g/mol. The van der Waals surface area contributed by atoms with Gasteiger partial charge in [-0.2, -0.15) is 0 Å². The third-order valence-corrected chi connectivity index (χ3v) is 4.20. The van der Waals surface area contributed by atoms with Crippen LogP contribution in [0.4, 0.5) is 0 Å². The average Bonchev–Trinajstić information content (AvgIpc) is 2.75. The van der Waals surface area contributed by atoms with Crippen molar-refractivity contribution in [2.24, 2.45) is 29.0 Å². The number of hydrogen-bond acceptors (Lipinski definition) is 3. The van der Waals surface area contributed by atoms with Gasteiger partial charge in [-0.15, -0.1) is 0 Å². The van der Waals surface area contributed by atoms with E-state index in [0.29, 0.717) is 0 Å². The highest BCUT2D eigenvalue weighted by atomic mass is 14.8. The Morgan fingerprint density at radius 2 is 0.963 bits per heavy atom. The van der Waals surface area contributed by atoms with Crippen molar-refractivity contribution in [3.8, 4) is 0 Å². The fraction of sp³-hybridized carbons (Fsp3) is 0.917. The maximum Gasteiger partial charge on any atom is 0.0859 e. The molecule has 0 heterocycles. The third-order valence-electron chi connectivity index (χ3n) is 4.20. The van der Waals surface area contributed by atoms with Crippen molar-refractivity contribution in [1.29, 1.82) is 0 Å². The Balaban J connectivity index is -0.0000000778. The smallest absolute Gasteiger partial charge is 0.0859 e. The maximum atomic E-state index is 4.69. The Morgan fingerprint density at radius 3 is 1.11 bits per heavy atom. The quantitative estimate of drug-likeness (QED) is 0.432. The van der Waals surface area contributed by atoms with Gasteiger partial charge in [0, 0.05) is 0 Å². The van der Waals surface area contributed by atoms with Crippen LogP contribution in [0.25, 0.3) is 0 Å². The van der Waals surface area contributed by atoms with Gasteiger partial charge in [0.25, 0.3) is 0 Å². The summed E-state index contributed by atoms with van der Waals surface area (Å²) in [5.41, 5.74) is 13.9. The van der Waals surface area contributed by atoms with E-state index in [1.165, 1.54) is 77.7 Å². The highest BCUT2D eigenvalue weighted by molar-refractivity contribution is 4.73. The lowest BCUT2D eigenvalue weighted by molar-refractivity contribution is 0.349. The first-order valence-electron chi connectivity index (χ1n) is 11.8. The highest BCUT2D eigenvalue weighted by Crippen LogP contribution is 2.25. The molecule has 0 aromatic rings. The van der Waals surface area contributed by atoms with E-state index in [-0.39, 0.29) is 5.82 Å². The van der Waals surface area contributed by atoms with Crippen LogP contribution < -0.4 is 17.2 Å². The van der Waals surface area contributed by atoms with Gasteiger partial charge < -0.3 is 17.2 Å². The zero-order valence-corrected chi connectivity index (χ0v) is 20.9. The fourth-order valence-corrected chi connectivity index (χ4v) is 2.90. The van der Waals surface area contributed by atoms with E-state index < -0.39 is 0 Å². The Hall–Kier alpha value is -0.700. The molecule has 0 unspecified atom stereocenters. The van der Waals surface area contributed by atoms with Gasteiger partial charge >= 0.3 is 0 Å². The first-order valence-corrected chi connectivity index (χ1v) is 11.8. The molecule has 0 aliphatic heterocycles. The Kier molecular flexibility index (Phi) is 55.1. The van der Waals surface area contributed by atoms with Gasteiger partial charge in [-0.05, 0) is 18.9 Å². The first-order chi connectivity index (χ1) is 13.1. The fourth-order valence-electron chi connectivity index (χ4n) is 2.90. The SMILES string of the molecule is C=C(N)N.CC.CC.CC.CC1CCCCC1.CCC1CCCCC1.CN. The van der Waals surface area contributed by atoms with Crippen LogP contribution in [-0.4, -0.2) is 7.05 Å². The summed E-state index contributed by atoms with van der Waals surface area (Å²) in [7, 11) is 1.50. The number of rotatable bonds is 1. The zero-order chi connectivity index (χ0) is 22.5. The van der Waals surface area contributed by atoms with Crippen molar-refractivity contribution < 1.29 is 0 Å². The largest absolute Gasteiger partial charge is 0.386 e. The summed E-state index contributed by atoms with van der Waals surface area (Å²) < 4.78 is 0. The minimum Gasteiger partial charge on any atom is -0.386 e. The van der Waals surface area contributed by atoms with Crippen LogP contribution in [-0.2, 0) is 0 Å². The molecule has 2 aliphatic carbocycles. The van der Waals surface area contributed by atoms with Crippen molar-refractivity contribution >= 4 is 0 Å². The summed E-state index contributed by atoms with van der Waals surface area (Å²) in [5.74, 6) is 2.29. The molecular weight excluding hydrogens is 330 g/mol. The second-order valence-corrected chi connectivity index (χ2v) is 6.23. The zero-order valence-electron chi connectivity index (χ0n) is 20.9. The summed E-state index contributed by atoms with van der Waals surface area (Å²) in [6, 6.07) is 0. The molecule has 0 bridgehead atoms. The van der Waals surface area contributed by atoms with Gasteiger partial charge in [0.15, 0.2) is 0 Å². The predicted molar refractivity (Wildman–Crippen MR) is 131 cm³/mol. The average molecular weight is 390 g/mol. The lowest BCUT2D eigenvalue weighted by Crippen LogP contribution is -2.04. The van der Waals surface area contributed by atoms with Crippen LogP contribution in [0.15, 0.2) is 12.4 Å². The molecular formula is C24H59N3. The Bertz CT molecular complexity index is 202. The van der Waals surface area contributed by atoms with Crippen LogP contribution >= 0.6 is 0 Å². The van der Waals surface area contributed by atoms with Crippen LogP contribution in [0.1, 0.15) is 126 Å². The predicted octanol–water partition coefficient (Wildman–Crippen LogP) is 7.59. The molecule has 6 N–H and O–H groups in total. The van der Waals surface area contributed by atoms with E-state index in [2.05, 4.69) is 26.2 Å². The molecule has 0 radical (unpaired) electrons. The Morgan fingerprint density at radius 1 is 0.704 bits per heavy atom. The molecule has 0 aromatic carbocycles. The topological polar surface area (TPSA) is 78.1 Å². The normalized spacial score (nSPS) is 15.3. The van der Waals surface area contributed by atoms with Gasteiger partial charge in [-0.1, -0.05) is 133 Å². The van der Waals surface area contributed by atoms with E-state index in [9.17, 15) is 0 Å². The van der Waals surface area contributed by atoms with Crippen molar-refractivity contribution in [3.63, 3.8) is 0 Å². The number of nitrogens with two attached hydrogens (primary N) is 3. The minimum absolute atomic E-state index is 0.167. The van der Waals surface area contributed by atoms with E-state index in [4.69, 9.17) is 11.5 Å². The molecule has 27 heavy (non-hydrogen) atoms. The Labute approximate surface area is 174 Å². The summed E-state index contributed by atoms with van der Waals surface area (Å²) in [6.07, 6.45) is 16.4. The molecule has 170 valence electrons. The molecule has 0 spiro atoms. The summed E-state index contributed by atoms with van der Waals surface area (Å²) in [5, 5.41) is 0. The van der Waals surface area contributed by atoms with Crippen molar-refractivity contribution in [3.05, 3.63) is 12.4 Å².